The summed E-state index contributed by atoms with van der Waals surface area (Å²) >= 11 is 0. The van der Waals surface area contributed by atoms with E-state index < -0.39 is 12.4 Å². The summed E-state index contributed by atoms with van der Waals surface area (Å²) in [6, 6.07) is 22.4. The SMILES string of the molecule is COC(=O)c1ccc([C@@H]2c3ccc(OCc4ccccc4)cc3CCN2CC(F)F)cc1. The van der Waals surface area contributed by atoms with Crippen LogP contribution in [0, 0.1) is 0 Å². The van der Waals surface area contributed by atoms with Crippen LogP contribution in [-0.4, -0.2) is 37.5 Å². The van der Waals surface area contributed by atoms with Crippen molar-refractivity contribution in [3.63, 3.8) is 0 Å². The number of carbonyl (C=O) groups excluding carboxylic acids is 1. The van der Waals surface area contributed by atoms with Crippen molar-refractivity contribution in [2.24, 2.45) is 0 Å². The number of hydrogen-bond acceptors (Lipinski definition) is 4. The Morgan fingerprint density at radius 3 is 2.50 bits per heavy atom. The molecule has 0 radical (unpaired) electrons. The van der Waals surface area contributed by atoms with Crippen LogP contribution in [-0.2, 0) is 17.8 Å². The van der Waals surface area contributed by atoms with Gasteiger partial charge in [-0.25, -0.2) is 13.6 Å². The summed E-state index contributed by atoms with van der Waals surface area (Å²) in [4.78, 5) is 13.6. The fraction of sp³-hybridized carbons (Fsp3) is 0.269. The smallest absolute Gasteiger partial charge is 0.337 e. The van der Waals surface area contributed by atoms with Gasteiger partial charge in [-0.15, -0.1) is 0 Å². The fourth-order valence-corrected chi connectivity index (χ4v) is 4.17. The molecule has 1 aliphatic rings. The van der Waals surface area contributed by atoms with E-state index in [1.165, 1.54) is 7.11 Å². The molecule has 0 bridgehead atoms. The molecule has 32 heavy (non-hydrogen) atoms. The minimum atomic E-state index is -2.43. The van der Waals surface area contributed by atoms with Gasteiger partial charge in [-0.1, -0.05) is 48.5 Å². The molecule has 0 aliphatic carbocycles. The summed E-state index contributed by atoms with van der Waals surface area (Å²) in [6.07, 6.45) is -1.76. The van der Waals surface area contributed by atoms with Crippen LogP contribution in [0.3, 0.4) is 0 Å². The number of rotatable bonds is 7. The second kappa shape index (κ2) is 9.92. The largest absolute Gasteiger partial charge is 0.489 e. The summed E-state index contributed by atoms with van der Waals surface area (Å²) in [5.74, 6) is 0.333. The lowest BCUT2D eigenvalue weighted by atomic mass is 9.87. The van der Waals surface area contributed by atoms with E-state index in [0.717, 1.165) is 28.0 Å². The number of halogens is 2. The van der Waals surface area contributed by atoms with E-state index in [1.807, 2.05) is 60.7 Å². The molecule has 1 heterocycles. The molecule has 3 aromatic rings. The van der Waals surface area contributed by atoms with Gasteiger partial charge in [0.25, 0.3) is 6.43 Å². The summed E-state index contributed by atoms with van der Waals surface area (Å²) in [7, 11) is 1.33. The molecule has 4 rings (SSSR count). The first-order valence-electron chi connectivity index (χ1n) is 10.5. The van der Waals surface area contributed by atoms with Crippen LogP contribution in [0.2, 0.25) is 0 Å². The number of ether oxygens (including phenoxy) is 2. The molecule has 0 saturated heterocycles. The van der Waals surface area contributed by atoms with Crippen molar-refractivity contribution in [3.05, 3.63) is 101 Å². The van der Waals surface area contributed by atoms with Crippen LogP contribution in [0.15, 0.2) is 72.8 Å². The number of carbonyl (C=O) groups is 1. The maximum absolute atomic E-state index is 13.3. The van der Waals surface area contributed by atoms with Crippen molar-refractivity contribution in [1.29, 1.82) is 0 Å². The highest BCUT2D eigenvalue weighted by atomic mass is 19.3. The van der Waals surface area contributed by atoms with E-state index in [9.17, 15) is 13.6 Å². The molecule has 0 amide bonds. The zero-order chi connectivity index (χ0) is 22.5. The van der Waals surface area contributed by atoms with Gasteiger partial charge in [-0.2, -0.15) is 0 Å². The van der Waals surface area contributed by atoms with Gasteiger partial charge in [0, 0.05) is 6.54 Å². The molecule has 0 aromatic heterocycles. The molecule has 6 heteroatoms. The summed E-state index contributed by atoms with van der Waals surface area (Å²) in [6.45, 7) is 0.674. The number of nitrogens with zero attached hydrogens (tertiary/aromatic N) is 1. The van der Waals surface area contributed by atoms with Crippen LogP contribution in [0.5, 0.6) is 5.75 Å². The van der Waals surface area contributed by atoms with Crippen molar-refractivity contribution < 1.29 is 23.0 Å². The van der Waals surface area contributed by atoms with Crippen molar-refractivity contribution in [2.45, 2.75) is 25.5 Å². The predicted octanol–water partition coefficient (Wildman–Crippen LogP) is 5.26. The van der Waals surface area contributed by atoms with Gasteiger partial charge in [0.2, 0.25) is 0 Å². The van der Waals surface area contributed by atoms with Crippen LogP contribution in [0.1, 0.15) is 38.7 Å². The topological polar surface area (TPSA) is 38.8 Å². The first kappa shape index (κ1) is 22.0. The number of fused-ring (bicyclic) bond motifs is 1. The molecule has 0 spiro atoms. The summed E-state index contributed by atoms with van der Waals surface area (Å²) in [5.41, 5.74) is 4.43. The van der Waals surface area contributed by atoms with Gasteiger partial charge in [0.15, 0.2) is 0 Å². The second-order valence-corrected chi connectivity index (χ2v) is 7.79. The summed E-state index contributed by atoms with van der Waals surface area (Å²) < 4.78 is 37.3. The Bertz CT molecular complexity index is 1050. The third kappa shape index (κ3) is 4.97. The van der Waals surface area contributed by atoms with Crippen molar-refractivity contribution in [2.75, 3.05) is 20.2 Å². The molecule has 0 saturated carbocycles. The van der Waals surface area contributed by atoms with Crippen molar-refractivity contribution in [3.8, 4) is 5.75 Å². The molecule has 1 atom stereocenters. The maximum atomic E-state index is 13.3. The minimum absolute atomic E-state index is 0.310. The quantitative estimate of drug-likeness (QED) is 0.473. The molecular weight excluding hydrogens is 412 g/mol. The third-order valence-corrected chi connectivity index (χ3v) is 5.71. The Morgan fingerprint density at radius 1 is 1.06 bits per heavy atom. The average molecular weight is 437 g/mol. The number of hydrogen-bond donors (Lipinski definition) is 0. The standard InChI is InChI=1S/C26H25F2NO3/c1-31-26(30)20-9-7-19(8-10-20)25-23-12-11-22(32-17-18-5-3-2-4-6-18)15-21(23)13-14-29(25)16-24(27)28/h2-12,15,24-25H,13-14,16-17H2,1H3/t25-/m1/s1. The number of benzene rings is 3. The lowest BCUT2D eigenvalue weighted by Gasteiger charge is -2.37. The first-order valence-corrected chi connectivity index (χ1v) is 10.5. The normalized spacial score (nSPS) is 15.9. The molecule has 1 aliphatic heterocycles. The fourth-order valence-electron chi connectivity index (χ4n) is 4.17. The van der Waals surface area contributed by atoms with Gasteiger partial charge < -0.3 is 9.47 Å². The van der Waals surface area contributed by atoms with E-state index in [0.29, 0.717) is 25.1 Å². The van der Waals surface area contributed by atoms with Crippen LogP contribution in [0.25, 0.3) is 0 Å². The lowest BCUT2D eigenvalue weighted by molar-refractivity contribution is 0.0600. The van der Waals surface area contributed by atoms with Crippen molar-refractivity contribution in [1.82, 2.24) is 4.90 Å². The lowest BCUT2D eigenvalue weighted by Crippen LogP contribution is -2.39. The Labute approximate surface area is 186 Å². The molecule has 0 N–H and O–H groups in total. The maximum Gasteiger partial charge on any atom is 0.337 e. The number of esters is 1. The van der Waals surface area contributed by atoms with E-state index in [-0.39, 0.29) is 12.6 Å². The zero-order valence-electron chi connectivity index (χ0n) is 17.8. The van der Waals surface area contributed by atoms with E-state index >= 15 is 0 Å². The molecular formula is C26H25F2NO3. The van der Waals surface area contributed by atoms with Crippen LogP contribution >= 0.6 is 0 Å². The van der Waals surface area contributed by atoms with Crippen LogP contribution in [0.4, 0.5) is 8.78 Å². The third-order valence-electron chi connectivity index (χ3n) is 5.71. The van der Waals surface area contributed by atoms with Gasteiger partial charge >= 0.3 is 5.97 Å². The molecule has 3 aromatic carbocycles. The van der Waals surface area contributed by atoms with Gasteiger partial charge in [-0.3, -0.25) is 4.90 Å². The van der Waals surface area contributed by atoms with E-state index in [4.69, 9.17) is 9.47 Å². The average Bonchev–Trinajstić information content (AvgIpc) is 2.82. The second-order valence-electron chi connectivity index (χ2n) is 7.79. The van der Waals surface area contributed by atoms with Crippen LogP contribution < -0.4 is 4.74 Å². The highest BCUT2D eigenvalue weighted by Gasteiger charge is 2.30. The highest BCUT2D eigenvalue weighted by molar-refractivity contribution is 5.89. The predicted molar refractivity (Wildman–Crippen MR) is 118 cm³/mol. The Morgan fingerprint density at radius 2 is 1.81 bits per heavy atom. The Kier molecular flexibility index (Phi) is 6.81. The molecule has 0 unspecified atom stereocenters. The highest BCUT2D eigenvalue weighted by Crippen LogP contribution is 2.37. The minimum Gasteiger partial charge on any atom is -0.489 e. The van der Waals surface area contributed by atoms with Gasteiger partial charge in [-0.05, 0) is 52.9 Å². The van der Waals surface area contributed by atoms with Gasteiger partial charge in [0.1, 0.15) is 12.4 Å². The monoisotopic (exact) mass is 437 g/mol. The van der Waals surface area contributed by atoms with E-state index in [1.54, 1.807) is 17.0 Å². The molecule has 0 fully saturated rings. The molecule has 4 nitrogen and oxygen atoms in total. The Balaban J connectivity index is 1.61. The Hall–Kier alpha value is -3.25. The summed E-state index contributed by atoms with van der Waals surface area (Å²) in [5, 5.41) is 0. The molecule has 166 valence electrons. The van der Waals surface area contributed by atoms with Gasteiger partial charge in [0.05, 0.1) is 25.3 Å². The first-order chi connectivity index (χ1) is 15.5. The number of methoxy groups -OCH3 is 1. The zero-order valence-corrected chi connectivity index (χ0v) is 17.8. The van der Waals surface area contributed by atoms with E-state index in [2.05, 4.69) is 0 Å². The number of alkyl halides is 2. The van der Waals surface area contributed by atoms with Crippen molar-refractivity contribution >= 4 is 5.97 Å².